The number of allylic oxidation sites excluding steroid dienone is 2. The van der Waals surface area contributed by atoms with E-state index in [-0.39, 0.29) is 5.78 Å². The topological polar surface area (TPSA) is 17.1 Å². The third-order valence-corrected chi connectivity index (χ3v) is 0.923. The largest absolute Gasteiger partial charge is 0.300 e. The maximum Gasteiger partial charge on any atom is 0.133 e. The maximum absolute atomic E-state index is 10.4. The van der Waals surface area contributed by atoms with Gasteiger partial charge in [-0.3, -0.25) is 4.79 Å². The van der Waals surface area contributed by atoms with Crippen LogP contribution in [0.2, 0.25) is 0 Å². The van der Waals surface area contributed by atoms with Crippen molar-refractivity contribution in [2.24, 2.45) is 0 Å². The Balaban J connectivity index is 3.74. The zero-order valence-electron chi connectivity index (χ0n) is 5.77. The quantitative estimate of drug-likeness (QED) is 0.508. The Bertz CT molecular complexity index is 169. The average molecular weight is 122 g/mol. The Morgan fingerprint density at radius 2 is 2.22 bits per heavy atom. The van der Waals surface area contributed by atoms with Crippen molar-refractivity contribution < 1.29 is 4.79 Å². The van der Waals surface area contributed by atoms with E-state index in [1.165, 1.54) is 0 Å². The molecule has 0 bridgehead atoms. The summed E-state index contributed by atoms with van der Waals surface area (Å²) in [7, 11) is 0. The molecule has 0 atom stereocenters. The highest BCUT2D eigenvalue weighted by Gasteiger charge is 1.86. The molecule has 0 aliphatic carbocycles. The zero-order valence-corrected chi connectivity index (χ0v) is 5.77. The summed E-state index contributed by atoms with van der Waals surface area (Å²) in [5.41, 5.74) is 0.824. The lowest BCUT2D eigenvalue weighted by Crippen LogP contribution is -1.85. The van der Waals surface area contributed by atoms with Gasteiger partial charge in [0.2, 0.25) is 0 Å². The van der Waals surface area contributed by atoms with E-state index >= 15 is 0 Å². The molecule has 0 aliphatic heterocycles. The minimum atomic E-state index is 0.143. The van der Waals surface area contributed by atoms with Gasteiger partial charge in [-0.2, -0.15) is 0 Å². The molecule has 0 unspecified atom stereocenters. The maximum atomic E-state index is 10.4. The van der Waals surface area contributed by atoms with Gasteiger partial charge in [-0.25, -0.2) is 0 Å². The van der Waals surface area contributed by atoms with Crippen LogP contribution in [-0.2, 0) is 4.79 Å². The number of carbonyl (C=O) groups excluding carboxylic acids is 1. The number of rotatable bonds is 2. The predicted octanol–water partition coefficient (Wildman–Crippen LogP) is 1.54. The second-order valence-corrected chi connectivity index (χ2v) is 1.94. The highest BCUT2D eigenvalue weighted by Crippen LogP contribution is 1.92. The minimum absolute atomic E-state index is 0.143. The summed E-state index contributed by atoms with van der Waals surface area (Å²) in [4.78, 5) is 10.4. The van der Waals surface area contributed by atoms with E-state index in [1.54, 1.807) is 13.0 Å². The lowest BCUT2D eigenvalue weighted by atomic mass is 10.2. The number of carbonyl (C=O) groups is 1. The molecule has 1 heteroatoms. The van der Waals surface area contributed by atoms with E-state index in [1.807, 2.05) is 6.92 Å². The fourth-order valence-electron chi connectivity index (χ4n) is 0.356. The van der Waals surface area contributed by atoms with E-state index in [4.69, 9.17) is 6.42 Å². The normalized spacial score (nSPS) is 10.6. The van der Waals surface area contributed by atoms with Crippen molar-refractivity contribution in [3.8, 4) is 12.3 Å². The van der Waals surface area contributed by atoms with E-state index in [0.29, 0.717) is 6.42 Å². The minimum Gasteiger partial charge on any atom is -0.300 e. The monoisotopic (exact) mass is 122 g/mol. The molecule has 1 nitrogen and oxygen atoms in total. The summed E-state index contributed by atoms with van der Waals surface area (Å²) in [6, 6.07) is 0. The van der Waals surface area contributed by atoms with Crippen molar-refractivity contribution in [3.05, 3.63) is 11.6 Å². The molecule has 0 rings (SSSR count). The van der Waals surface area contributed by atoms with Gasteiger partial charge in [0.05, 0.1) is 0 Å². The number of terminal acetylenes is 1. The second kappa shape index (κ2) is 3.91. The summed E-state index contributed by atoms with van der Waals surface area (Å²) in [6.07, 6.45) is 7.24. The molecule has 0 aromatic rings. The molecule has 48 valence electrons. The van der Waals surface area contributed by atoms with Gasteiger partial charge < -0.3 is 0 Å². The van der Waals surface area contributed by atoms with Gasteiger partial charge in [0, 0.05) is 6.42 Å². The molecule has 0 spiro atoms. The fraction of sp³-hybridized carbons (Fsp3) is 0.375. The van der Waals surface area contributed by atoms with Crippen LogP contribution < -0.4 is 0 Å². The van der Waals surface area contributed by atoms with Crippen LogP contribution >= 0.6 is 0 Å². The lowest BCUT2D eigenvalue weighted by molar-refractivity contribution is -0.116. The lowest BCUT2D eigenvalue weighted by Gasteiger charge is -1.85. The number of hydrogen-bond acceptors (Lipinski definition) is 1. The Hall–Kier alpha value is -1.03. The first-order valence-corrected chi connectivity index (χ1v) is 2.79. The smallest absolute Gasteiger partial charge is 0.133 e. The highest BCUT2D eigenvalue weighted by molar-refractivity contribution is 5.77. The first kappa shape index (κ1) is 7.97. The summed E-state index contributed by atoms with van der Waals surface area (Å²) in [5, 5.41) is 0. The molecule has 0 N–H and O–H groups in total. The van der Waals surface area contributed by atoms with Gasteiger partial charge in [0.15, 0.2) is 0 Å². The summed E-state index contributed by atoms with van der Waals surface area (Å²) in [6.45, 7) is 3.35. The molecule has 0 radical (unpaired) electrons. The van der Waals surface area contributed by atoms with Crippen LogP contribution in [0.15, 0.2) is 11.6 Å². The highest BCUT2D eigenvalue weighted by atomic mass is 16.1. The molecular formula is C8H10O. The van der Waals surface area contributed by atoms with E-state index < -0.39 is 0 Å². The van der Waals surface area contributed by atoms with Crippen LogP contribution in [0.4, 0.5) is 0 Å². The van der Waals surface area contributed by atoms with Crippen molar-refractivity contribution in [2.75, 3.05) is 0 Å². The molecular weight excluding hydrogens is 112 g/mol. The van der Waals surface area contributed by atoms with Gasteiger partial charge in [-0.1, -0.05) is 12.0 Å². The second-order valence-electron chi connectivity index (χ2n) is 1.94. The summed E-state index contributed by atoms with van der Waals surface area (Å²) < 4.78 is 0. The summed E-state index contributed by atoms with van der Waals surface area (Å²) in [5.74, 6) is 2.57. The van der Waals surface area contributed by atoms with E-state index in [0.717, 1.165) is 5.57 Å². The van der Waals surface area contributed by atoms with Gasteiger partial charge >= 0.3 is 0 Å². The molecule has 0 aromatic carbocycles. The Morgan fingerprint density at radius 3 is 2.56 bits per heavy atom. The molecule has 0 fully saturated rings. The first-order valence-electron chi connectivity index (χ1n) is 2.79. The van der Waals surface area contributed by atoms with Crippen LogP contribution in [0, 0.1) is 12.3 Å². The van der Waals surface area contributed by atoms with Crippen LogP contribution in [0.3, 0.4) is 0 Å². The molecule has 0 amide bonds. The Morgan fingerprint density at radius 1 is 1.67 bits per heavy atom. The third kappa shape index (κ3) is 4.83. The van der Waals surface area contributed by atoms with Gasteiger partial charge in [-0.15, -0.1) is 6.42 Å². The van der Waals surface area contributed by atoms with Crippen molar-refractivity contribution >= 4 is 5.78 Å². The van der Waals surface area contributed by atoms with Crippen molar-refractivity contribution in [1.29, 1.82) is 0 Å². The molecule has 9 heavy (non-hydrogen) atoms. The van der Waals surface area contributed by atoms with E-state index in [2.05, 4.69) is 5.92 Å². The zero-order chi connectivity index (χ0) is 7.28. The Kier molecular flexibility index (Phi) is 3.46. The molecule has 0 aromatic heterocycles. The molecule has 0 heterocycles. The number of Topliss-reactive ketones (excluding diaryl/α,β-unsaturated/α-hetero) is 1. The van der Waals surface area contributed by atoms with Gasteiger partial charge in [0.1, 0.15) is 5.78 Å². The fourth-order valence-corrected chi connectivity index (χ4v) is 0.356. The van der Waals surface area contributed by atoms with Crippen molar-refractivity contribution in [3.63, 3.8) is 0 Å². The van der Waals surface area contributed by atoms with Gasteiger partial charge in [0.25, 0.3) is 0 Å². The Labute approximate surface area is 55.8 Å². The summed E-state index contributed by atoms with van der Waals surface area (Å²) >= 11 is 0. The van der Waals surface area contributed by atoms with Crippen LogP contribution in [-0.4, -0.2) is 5.78 Å². The molecule has 0 aliphatic rings. The molecule has 0 saturated carbocycles. The predicted molar refractivity (Wildman–Crippen MR) is 37.9 cm³/mol. The van der Waals surface area contributed by atoms with Gasteiger partial charge in [-0.05, 0) is 19.4 Å². The molecule has 0 saturated heterocycles. The van der Waals surface area contributed by atoms with Crippen molar-refractivity contribution in [1.82, 2.24) is 0 Å². The first-order chi connectivity index (χ1) is 4.16. The number of ketones is 1. The van der Waals surface area contributed by atoms with Crippen molar-refractivity contribution in [2.45, 2.75) is 20.3 Å². The average Bonchev–Trinajstić information content (AvgIpc) is 1.83. The van der Waals surface area contributed by atoms with Crippen LogP contribution in [0.5, 0.6) is 0 Å². The van der Waals surface area contributed by atoms with Crippen LogP contribution in [0.1, 0.15) is 20.3 Å². The van der Waals surface area contributed by atoms with Crippen LogP contribution in [0.25, 0.3) is 0 Å². The third-order valence-electron chi connectivity index (χ3n) is 0.923. The van der Waals surface area contributed by atoms with E-state index in [9.17, 15) is 4.79 Å². The number of hydrogen-bond donors (Lipinski definition) is 0. The standard InChI is InChI=1S/C8H10O/c1-4-7(2)5-6-8(3)9/h1,5H,6H2,2-3H3/b7-5-. The SMILES string of the molecule is C#C/C(C)=C\CC(C)=O.